The van der Waals surface area contributed by atoms with Gasteiger partial charge in [0.2, 0.25) is 0 Å². The lowest BCUT2D eigenvalue weighted by atomic mass is 10.1. The van der Waals surface area contributed by atoms with Crippen molar-refractivity contribution in [1.82, 2.24) is 5.16 Å². The zero-order valence-corrected chi connectivity index (χ0v) is 16.2. The van der Waals surface area contributed by atoms with Crippen molar-refractivity contribution in [2.45, 2.75) is 26.3 Å². The summed E-state index contributed by atoms with van der Waals surface area (Å²) in [4.78, 5) is 12.0. The van der Waals surface area contributed by atoms with E-state index in [1.165, 1.54) is 24.3 Å². The molecule has 0 bridgehead atoms. The Morgan fingerprint density at radius 3 is 2.21 bits per heavy atom. The highest BCUT2D eigenvalue weighted by Crippen LogP contribution is 2.18. The molecule has 10 heteroatoms. The first-order chi connectivity index (χ1) is 13.6. The number of nitrogens with zero attached hydrogens (tertiary/aromatic N) is 2. The molecular weight excluding hydrogens is 407 g/mol. The summed E-state index contributed by atoms with van der Waals surface area (Å²) < 4.78 is 54.1. The number of hydrogen-bond donors (Lipinski definition) is 0. The minimum atomic E-state index is -4.94. The number of aromatic nitrogens is 2. The van der Waals surface area contributed by atoms with Crippen molar-refractivity contribution in [3.63, 3.8) is 0 Å². The van der Waals surface area contributed by atoms with Crippen LogP contribution in [0.1, 0.15) is 28.9 Å². The summed E-state index contributed by atoms with van der Waals surface area (Å²) in [5.41, 5.74) is 2.37. The standard InChI is InChI=1S/C19H18FN2O2.ClHO4/c1-14-13-19(24-21-14)16-8-11-22(12-9-16)10-2-3-18(23)15-4-6-17(20)7-5-15;2-1(3,4)5/h4-9,11-13H,2-3,10H2,1H3;(H,2,3,4,5)/q+1;/p-1. The van der Waals surface area contributed by atoms with Crippen LogP contribution in [0.4, 0.5) is 4.39 Å². The minimum Gasteiger partial charge on any atom is -0.356 e. The Morgan fingerprint density at radius 2 is 1.69 bits per heavy atom. The van der Waals surface area contributed by atoms with Crippen LogP contribution in [0.15, 0.2) is 59.4 Å². The highest BCUT2D eigenvalue weighted by atomic mass is 35.7. The van der Waals surface area contributed by atoms with Gasteiger partial charge >= 0.3 is 0 Å². The number of carbonyl (C=O) groups is 1. The van der Waals surface area contributed by atoms with Gasteiger partial charge in [-0.3, -0.25) is 4.79 Å². The molecule has 3 aromatic rings. The fourth-order valence-corrected chi connectivity index (χ4v) is 2.47. The lowest BCUT2D eigenvalue weighted by Gasteiger charge is -2.17. The van der Waals surface area contributed by atoms with Gasteiger partial charge in [-0.25, -0.2) is 27.6 Å². The van der Waals surface area contributed by atoms with Crippen LogP contribution in [0.25, 0.3) is 11.3 Å². The molecule has 0 atom stereocenters. The number of ketones is 1. The fraction of sp³-hybridized carbons (Fsp3) is 0.211. The number of halogens is 2. The summed E-state index contributed by atoms with van der Waals surface area (Å²) in [7, 11) is -4.94. The molecule has 3 rings (SSSR count). The maximum absolute atomic E-state index is 12.9. The van der Waals surface area contributed by atoms with Crippen LogP contribution in [-0.2, 0) is 6.54 Å². The van der Waals surface area contributed by atoms with Gasteiger partial charge in [0, 0.05) is 42.2 Å². The number of carbonyl (C=O) groups excluding carboxylic acids is 1. The Balaban J connectivity index is 0.000000537. The van der Waals surface area contributed by atoms with E-state index in [1.807, 2.05) is 42.1 Å². The van der Waals surface area contributed by atoms with E-state index in [0.717, 1.165) is 30.0 Å². The average Bonchev–Trinajstić information content (AvgIpc) is 3.08. The van der Waals surface area contributed by atoms with Crippen LogP contribution < -0.4 is 23.2 Å². The Labute approximate surface area is 168 Å². The minimum absolute atomic E-state index is 0.0318. The normalized spacial score (nSPS) is 11.0. The highest BCUT2D eigenvalue weighted by Gasteiger charge is 2.10. The molecule has 0 radical (unpaired) electrons. The monoisotopic (exact) mass is 424 g/mol. The molecule has 154 valence electrons. The van der Waals surface area contributed by atoms with Gasteiger partial charge in [-0.2, -0.15) is 0 Å². The summed E-state index contributed by atoms with van der Waals surface area (Å²) in [5.74, 6) is 0.444. The van der Waals surface area contributed by atoms with E-state index in [1.54, 1.807) is 0 Å². The average molecular weight is 425 g/mol. The van der Waals surface area contributed by atoms with Gasteiger partial charge in [-0.05, 0) is 31.2 Å². The second kappa shape index (κ2) is 10.2. The number of pyridine rings is 1. The Morgan fingerprint density at radius 1 is 1.10 bits per heavy atom. The van der Waals surface area contributed by atoms with E-state index in [9.17, 15) is 9.18 Å². The first-order valence-electron chi connectivity index (χ1n) is 8.45. The van der Waals surface area contributed by atoms with Crippen molar-refractivity contribution in [1.29, 1.82) is 0 Å². The van der Waals surface area contributed by atoms with Gasteiger partial charge in [-0.1, -0.05) is 5.16 Å². The van der Waals surface area contributed by atoms with Crippen molar-refractivity contribution in [3.05, 3.63) is 71.9 Å². The van der Waals surface area contributed by atoms with E-state index >= 15 is 0 Å². The summed E-state index contributed by atoms with van der Waals surface area (Å²) >= 11 is 0. The van der Waals surface area contributed by atoms with Gasteiger partial charge in [-0.15, -0.1) is 10.2 Å². The molecule has 1 aromatic carbocycles. The van der Waals surface area contributed by atoms with E-state index in [-0.39, 0.29) is 11.6 Å². The van der Waals surface area contributed by atoms with Gasteiger partial charge in [0.15, 0.2) is 23.9 Å². The zero-order valence-electron chi connectivity index (χ0n) is 15.4. The first-order valence-corrected chi connectivity index (χ1v) is 9.68. The van der Waals surface area contributed by atoms with Crippen LogP contribution in [0.2, 0.25) is 0 Å². The summed E-state index contributed by atoms with van der Waals surface area (Å²) in [5, 5.41) is 3.88. The zero-order chi connectivity index (χ0) is 21.4. The van der Waals surface area contributed by atoms with Crippen LogP contribution in [0, 0.1) is 23.0 Å². The van der Waals surface area contributed by atoms with E-state index in [0.29, 0.717) is 12.0 Å². The third kappa shape index (κ3) is 8.46. The molecule has 2 heterocycles. The molecule has 8 nitrogen and oxygen atoms in total. The van der Waals surface area contributed by atoms with Gasteiger partial charge in [0.05, 0.1) is 5.69 Å². The molecule has 0 saturated carbocycles. The van der Waals surface area contributed by atoms with Gasteiger partial charge in [0.1, 0.15) is 12.4 Å². The predicted octanol–water partition coefficient (Wildman–Crippen LogP) is -1.02. The highest BCUT2D eigenvalue weighted by molar-refractivity contribution is 5.95. The van der Waals surface area contributed by atoms with Gasteiger partial charge < -0.3 is 4.52 Å². The Kier molecular flexibility index (Phi) is 7.94. The van der Waals surface area contributed by atoms with Crippen molar-refractivity contribution in [2.75, 3.05) is 0 Å². The molecule has 0 fully saturated rings. The molecule has 0 saturated heterocycles. The topological polar surface area (TPSA) is 139 Å². The SMILES string of the molecule is Cc1cc(-c2cc[n+](CCCC(=O)c3ccc(F)cc3)cc2)on1.[O-][Cl+3]([O-])([O-])[O-]. The molecule has 0 aliphatic rings. The third-order valence-electron chi connectivity index (χ3n) is 3.79. The quantitative estimate of drug-likeness (QED) is 0.364. The number of aryl methyl sites for hydroxylation is 2. The summed E-state index contributed by atoms with van der Waals surface area (Å²) in [6.45, 7) is 2.62. The maximum Gasteiger partial charge on any atom is 0.169 e. The van der Waals surface area contributed by atoms with E-state index in [2.05, 4.69) is 5.16 Å². The molecular formula is C19H18ClFN2O6. The van der Waals surface area contributed by atoms with Crippen LogP contribution in [0.3, 0.4) is 0 Å². The van der Waals surface area contributed by atoms with Crippen molar-refractivity contribution < 1.29 is 47.2 Å². The summed E-state index contributed by atoms with van der Waals surface area (Å²) in [6, 6.07) is 11.5. The Bertz CT molecular complexity index is 917. The third-order valence-corrected chi connectivity index (χ3v) is 3.79. The molecule has 0 spiro atoms. The molecule has 0 amide bonds. The van der Waals surface area contributed by atoms with Gasteiger partial charge in [0.25, 0.3) is 0 Å². The fourth-order valence-electron chi connectivity index (χ4n) is 2.47. The van der Waals surface area contributed by atoms with Crippen molar-refractivity contribution in [2.24, 2.45) is 0 Å². The first kappa shape index (κ1) is 22.6. The van der Waals surface area contributed by atoms with Crippen molar-refractivity contribution >= 4 is 5.78 Å². The molecule has 0 N–H and O–H groups in total. The second-order valence-electron chi connectivity index (χ2n) is 6.07. The number of hydrogen-bond acceptors (Lipinski definition) is 7. The lowest BCUT2D eigenvalue weighted by molar-refractivity contribution is -2.00. The molecule has 0 unspecified atom stereocenters. The predicted molar refractivity (Wildman–Crippen MR) is 86.8 cm³/mol. The molecule has 0 aliphatic heterocycles. The number of rotatable bonds is 6. The van der Waals surface area contributed by atoms with Crippen LogP contribution >= 0.6 is 0 Å². The maximum atomic E-state index is 12.9. The van der Waals surface area contributed by atoms with Crippen LogP contribution in [-0.4, -0.2) is 10.9 Å². The van der Waals surface area contributed by atoms with E-state index in [4.69, 9.17) is 23.2 Å². The Hall–Kier alpha value is -2.69. The largest absolute Gasteiger partial charge is 0.356 e. The summed E-state index contributed by atoms with van der Waals surface area (Å²) in [6.07, 6.45) is 5.06. The molecule has 2 aromatic heterocycles. The second-order valence-corrected chi connectivity index (χ2v) is 6.82. The molecule has 29 heavy (non-hydrogen) atoms. The number of benzene rings is 1. The smallest absolute Gasteiger partial charge is 0.169 e. The molecule has 0 aliphatic carbocycles. The number of Topliss-reactive ketones (excluding diaryl/α,β-unsaturated/α-hetero) is 1. The van der Waals surface area contributed by atoms with Crippen molar-refractivity contribution in [3.8, 4) is 11.3 Å². The van der Waals surface area contributed by atoms with E-state index < -0.39 is 10.2 Å². The lowest BCUT2D eigenvalue weighted by Crippen LogP contribution is -2.68. The van der Waals surface area contributed by atoms with Crippen LogP contribution in [0.5, 0.6) is 0 Å².